The van der Waals surface area contributed by atoms with Crippen molar-refractivity contribution in [3.05, 3.63) is 22.7 Å². The second-order valence-electron chi connectivity index (χ2n) is 4.38. The Hall–Kier alpha value is -1.03. The number of anilines is 1. The molecule has 0 aliphatic rings. The van der Waals surface area contributed by atoms with Crippen molar-refractivity contribution in [3.8, 4) is 0 Å². The molecule has 0 aliphatic heterocycles. The Bertz CT molecular complexity index is 399. The first-order valence-corrected chi connectivity index (χ1v) is 7.11. The van der Waals surface area contributed by atoms with Gasteiger partial charge in [-0.3, -0.25) is 4.79 Å². The average molecular weight is 272 g/mol. The van der Waals surface area contributed by atoms with Gasteiger partial charge in [0.15, 0.2) is 5.82 Å². The Labute approximate surface area is 113 Å². The van der Waals surface area contributed by atoms with Gasteiger partial charge in [-0.25, -0.2) is 4.98 Å². The van der Waals surface area contributed by atoms with Gasteiger partial charge in [-0.2, -0.15) is 0 Å². The molecule has 0 aromatic carbocycles. The van der Waals surface area contributed by atoms with E-state index in [0.29, 0.717) is 24.2 Å². The van der Waals surface area contributed by atoms with Gasteiger partial charge in [-0.15, -0.1) is 11.6 Å². The van der Waals surface area contributed by atoms with E-state index in [1.165, 1.54) is 0 Å². The summed E-state index contributed by atoms with van der Waals surface area (Å²) in [6.45, 7) is 5.53. The lowest BCUT2D eigenvalue weighted by Gasteiger charge is -2.15. The van der Waals surface area contributed by atoms with E-state index in [0.717, 1.165) is 25.8 Å². The molecule has 1 N–H and O–H groups in total. The second-order valence-corrected chi connectivity index (χ2v) is 4.76. The molecule has 18 heavy (non-hydrogen) atoms. The van der Waals surface area contributed by atoms with Crippen molar-refractivity contribution >= 4 is 17.4 Å². The van der Waals surface area contributed by atoms with Crippen LogP contribution in [0.4, 0.5) is 5.82 Å². The molecule has 4 nitrogen and oxygen atoms in total. The first-order chi connectivity index (χ1) is 8.72. The maximum atomic E-state index is 11.9. The normalized spacial score (nSPS) is 12.4. The molecule has 0 saturated heterocycles. The number of nitrogens with one attached hydrogen (secondary N) is 1. The summed E-state index contributed by atoms with van der Waals surface area (Å²) in [7, 11) is 0. The Morgan fingerprint density at radius 3 is 2.83 bits per heavy atom. The van der Waals surface area contributed by atoms with E-state index in [1.54, 1.807) is 17.0 Å². The molecule has 5 heteroatoms. The Balaban J connectivity index is 2.64. The molecule has 0 spiro atoms. The van der Waals surface area contributed by atoms with Crippen LogP contribution in [0.15, 0.2) is 17.2 Å². The predicted molar refractivity (Wildman–Crippen MR) is 76.4 cm³/mol. The van der Waals surface area contributed by atoms with Gasteiger partial charge < -0.3 is 9.88 Å². The van der Waals surface area contributed by atoms with Crippen LogP contribution in [-0.2, 0) is 6.54 Å². The van der Waals surface area contributed by atoms with Crippen molar-refractivity contribution in [1.29, 1.82) is 0 Å². The molecule has 1 atom stereocenters. The number of hydrogen-bond donors (Lipinski definition) is 1. The third kappa shape index (κ3) is 4.33. The van der Waals surface area contributed by atoms with Gasteiger partial charge >= 0.3 is 0 Å². The van der Waals surface area contributed by atoms with Crippen LogP contribution in [0.1, 0.15) is 33.1 Å². The van der Waals surface area contributed by atoms with Crippen LogP contribution in [0.25, 0.3) is 0 Å². The lowest BCUT2D eigenvalue weighted by molar-refractivity contribution is 0.489. The third-order valence-corrected chi connectivity index (χ3v) is 3.25. The summed E-state index contributed by atoms with van der Waals surface area (Å²) in [5.41, 5.74) is -0.0545. The first kappa shape index (κ1) is 15.0. The zero-order valence-corrected chi connectivity index (χ0v) is 11.9. The molecule has 0 fully saturated rings. The van der Waals surface area contributed by atoms with E-state index in [2.05, 4.69) is 17.2 Å². The summed E-state index contributed by atoms with van der Waals surface area (Å²) in [5, 5.41) is 3.15. The van der Waals surface area contributed by atoms with E-state index >= 15 is 0 Å². The molecule has 0 saturated carbocycles. The quantitative estimate of drug-likeness (QED) is 0.740. The summed E-state index contributed by atoms with van der Waals surface area (Å²) < 4.78 is 1.64. The lowest BCUT2D eigenvalue weighted by atomic mass is 10.0. The summed E-state index contributed by atoms with van der Waals surface area (Å²) in [5.74, 6) is 1.60. The largest absolute Gasteiger partial charge is 0.365 e. The van der Waals surface area contributed by atoms with Gasteiger partial charge in [0.2, 0.25) is 0 Å². The van der Waals surface area contributed by atoms with Crippen molar-refractivity contribution in [3.63, 3.8) is 0 Å². The van der Waals surface area contributed by atoms with Crippen molar-refractivity contribution in [2.75, 3.05) is 17.7 Å². The molecular formula is C13H22ClN3O. The zero-order chi connectivity index (χ0) is 13.4. The molecule has 1 unspecified atom stereocenters. The van der Waals surface area contributed by atoms with Crippen molar-refractivity contribution < 1.29 is 0 Å². The molecule has 0 radical (unpaired) electrons. The fourth-order valence-electron chi connectivity index (χ4n) is 1.97. The minimum absolute atomic E-state index is 0.0545. The highest BCUT2D eigenvalue weighted by Crippen LogP contribution is 2.12. The maximum Gasteiger partial charge on any atom is 0.293 e. The summed E-state index contributed by atoms with van der Waals surface area (Å²) in [6, 6.07) is 0. The van der Waals surface area contributed by atoms with Gasteiger partial charge in [0.05, 0.1) is 0 Å². The van der Waals surface area contributed by atoms with Crippen LogP contribution < -0.4 is 10.9 Å². The molecular weight excluding hydrogens is 250 g/mol. The average Bonchev–Trinajstić information content (AvgIpc) is 2.38. The predicted octanol–water partition coefficient (Wildman–Crippen LogP) is 2.72. The Morgan fingerprint density at radius 1 is 1.44 bits per heavy atom. The number of hydrogen-bond acceptors (Lipinski definition) is 3. The molecule has 0 bridgehead atoms. The maximum absolute atomic E-state index is 11.9. The van der Waals surface area contributed by atoms with Crippen molar-refractivity contribution in [2.24, 2.45) is 5.92 Å². The topological polar surface area (TPSA) is 46.9 Å². The van der Waals surface area contributed by atoms with Crippen LogP contribution >= 0.6 is 11.6 Å². The van der Waals surface area contributed by atoms with E-state index in [-0.39, 0.29) is 5.56 Å². The highest BCUT2D eigenvalue weighted by atomic mass is 35.5. The van der Waals surface area contributed by atoms with Crippen LogP contribution in [0, 0.1) is 5.92 Å². The smallest absolute Gasteiger partial charge is 0.293 e. The summed E-state index contributed by atoms with van der Waals surface area (Å²) in [4.78, 5) is 16.0. The fourth-order valence-corrected chi connectivity index (χ4v) is 2.28. The molecule has 0 aliphatic carbocycles. The number of alkyl halides is 1. The number of aryl methyl sites for hydroxylation is 1. The van der Waals surface area contributed by atoms with Crippen molar-refractivity contribution in [2.45, 2.75) is 39.7 Å². The second kappa shape index (κ2) is 8.14. The van der Waals surface area contributed by atoms with Crippen LogP contribution in [0.3, 0.4) is 0 Å². The third-order valence-electron chi connectivity index (χ3n) is 3.03. The summed E-state index contributed by atoms with van der Waals surface area (Å²) in [6.07, 6.45) is 6.58. The molecule has 1 aromatic heterocycles. The molecule has 1 rings (SSSR count). The minimum atomic E-state index is -0.0545. The Morgan fingerprint density at radius 2 is 2.22 bits per heavy atom. The number of aromatic nitrogens is 2. The van der Waals surface area contributed by atoms with Crippen LogP contribution in [-0.4, -0.2) is 22.0 Å². The number of nitrogens with zero attached hydrogens (tertiary/aromatic N) is 2. The highest BCUT2D eigenvalue weighted by Gasteiger charge is 2.09. The SMILES string of the molecule is CCCC(CCCl)CNc1nccn(CC)c1=O. The Kier molecular flexibility index (Phi) is 6.80. The number of halogens is 1. The fraction of sp³-hybridized carbons (Fsp3) is 0.692. The van der Waals surface area contributed by atoms with Gasteiger partial charge in [0.1, 0.15) is 0 Å². The van der Waals surface area contributed by atoms with Gasteiger partial charge in [0.25, 0.3) is 5.56 Å². The standard InChI is InChI=1S/C13H22ClN3O/c1-3-5-11(6-7-14)10-16-12-13(18)17(4-2)9-8-15-12/h8-9,11H,3-7,10H2,1-2H3,(H,15,16). The van der Waals surface area contributed by atoms with Crippen molar-refractivity contribution in [1.82, 2.24) is 9.55 Å². The minimum Gasteiger partial charge on any atom is -0.365 e. The first-order valence-electron chi connectivity index (χ1n) is 6.58. The molecule has 0 amide bonds. The highest BCUT2D eigenvalue weighted by molar-refractivity contribution is 6.17. The van der Waals surface area contributed by atoms with E-state index in [9.17, 15) is 4.79 Å². The van der Waals surface area contributed by atoms with Crippen LogP contribution in [0.2, 0.25) is 0 Å². The van der Waals surface area contributed by atoms with E-state index in [4.69, 9.17) is 11.6 Å². The molecule has 102 valence electrons. The van der Waals surface area contributed by atoms with Crippen LogP contribution in [0.5, 0.6) is 0 Å². The molecule has 1 aromatic rings. The van der Waals surface area contributed by atoms with E-state index < -0.39 is 0 Å². The number of rotatable bonds is 8. The van der Waals surface area contributed by atoms with Gasteiger partial charge in [-0.1, -0.05) is 13.3 Å². The van der Waals surface area contributed by atoms with Gasteiger partial charge in [0, 0.05) is 31.4 Å². The summed E-state index contributed by atoms with van der Waals surface area (Å²) >= 11 is 5.78. The lowest BCUT2D eigenvalue weighted by Crippen LogP contribution is -2.26. The van der Waals surface area contributed by atoms with E-state index in [1.807, 2.05) is 6.92 Å². The zero-order valence-electron chi connectivity index (χ0n) is 11.2. The monoisotopic (exact) mass is 271 g/mol. The van der Waals surface area contributed by atoms with Gasteiger partial charge in [-0.05, 0) is 25.7 Å². The molecule has 1 heterocycles.